The summed E-state index contributed by atoms with van der Waals surface area (Å²) in [7, 11) is 0. The third kappa shape index (κ3) is 3.79. The van der Waals surface area contributed by atoms with Crippen LogP contribution in [0.5, 0.6) is 0 Å². The van der Waals surface area contributed by atoms with E-state index in [0.29, 0.717) is 12.0 Å². The molecule has 0 amide bonds. The summed E-state index contributed by atoms with van der Waals surface area (Å²) in [5.41, 5.74) is 4.42. The number of aromatic nitrogens is 5. The number of thioether (sulfide) groups is 1. The molecule has 5 rings (SSSR count). The Hall–Kier alpha value is -2.86. The van der Waals surface area contributed by atoms with Gasteiger partial charge in [0, 0.05) is 35.0 Å². The molecule has 0 spiro atoms. The van der Waals surface area contributed by atoms with E-state index in [2.05, 4.69) is 71.2 Å². The first-order chi connectivity index (χ1) is 14.7. The Morgan fingerprint density at radius 2 is 1.67 bits per heavy atom. The molecule has 4 aromatic rings. The molecule has 0 N–H and O–H groups in total. The molecule has 1 aliphatic rings. The molecule has 30 heavy (non-hydrogen) atoms. The normalized spacial score (nSPS) is 13.8. The third-order valence-corrected chi connectivity index (χ3v) is 6.33. The van der Waals surface area contributed by atoms with Crippen LogP contribution in [0.25, 0.3) is 16.9 Å². The minimum Gasteiger partial charge on any atom is -0.303 e. The Labute approximate surface area is 181 Å². The van der Waals surface area contributed by atoms with E-state index >= 15 is 0 Å². The van der Waals surface area contributed by atoms with Crippen LogP contribution in [-0.4, -0.2) is 24.5 Å². The number of nitrogens with zero attached hydrogens (tertiary/aromatic N) is 5. The van der Waals surface area contributed by atoms with Gasteiger partial charge in [0.05, 0.1) is 11.4 Å². The van der Waals surface area contributed by atoms with E-state index in [9.17, 15) is 0 Å². The van der Waals surface area contributed by atoms with Crippen molar-refractivity contribution in [1.82, 2.24) is 24.5 Å². The van der Waals surface area contributed by atoms with Crippen molar-refractivity contribution in [3.63, 3.8) is 0 Å². The standard InChI is InChI=1S/C24H25N5S/c1-17(2)23-25-26-24(29(23)21-13-14-21)30-16-19-15-28(20-11-7-4-8-12-20)27-22(19)18-9-5-3-6-10-18/h3-12,15,17,21H,13-14,16H2,1-2H3. The van der Waals surface area contributed by atoms with Gasteiger partial charge < -0.3 is 4.57 Å². The largest absolute Gasteiger partial charge is 0.303 e. The highest BCUT2D eigenvalue weighted by atomic mass is 32.2. The van der Waals surface area contributed by atoms with E-state index in [4.69, 9.17) is 5.10 Å². The van der Waals surface area contributed by atoms with E-state index in [-0.39, 0.29) is 0 Å². The minimum absolute atomic E-state index is 0.383. The highest BCUT2D eigenvalue weighted by Gasteiger charge is 2.30. The summed E-state index contributed by atoms with van der Waals surface area (Å²) in [6, 6.07) is 21.2. The second kappa shape index (κ2) is 8.11. The molecule has 0 saturated heterocycles. The maximum absolute atomic E-state index is 4.93. The monoisotopic (exact) mass is 415 g/mol. The molecule has 0 radical (unpaired) electrons. The van der Waals surface area contributed by atoms with Crippen LogP contribution in [0.15, 0.2) is 72.0 Å². The topological polar surface area (TPSA) is 48.5 Å². The van der Waals surface area contributed by atoms with Crippen molar-refractivity contribution in [2.75, 3.05) is 0 Å². The van der Waals surface area contributed by atoms with Gasteiger partial charge in [-0.25, -0.2) is 4.68 Å². The predicted octanol–water partition coefficient (Wildman–Crippen LogP) is 5.88. The Balaban J connectivity index is 1.48. The van der Waals surface area contributed by atoms with Gasteiger partial charge in [0.25, 0.3) is 0 Å². The van der Waals surface area contributed by atoms with Crippen LogP contribution < -0.4 is 0 Å². The van der Waals surface area contributed by atoms with Crippen molar-refractivity contribution in [1.29, 1.82) is 0 Å². The molecule has 2 aromatic heterocycles. The number of para-hydroxylation sites is 1. The molecule has 0 aliphatic heterocycles. The summed E-state index contributed by atoms with van der Waals surface area (Å²) in [4.78, 5) is 0. The van der Waals surface area contributed by atoms with Crippen molar-refractivity contribution in [2.45, 2.75) is 49.6 Å². The van der Waals surface area contributed by atoms with Gasteiger partial charge in [-0.2, -0.15) is 5.10 Å². The van der Waals surface area contributed by atoms with Crippen LogP contribution in [0.4, 0.5) is 0 Å². The molecule has 1 aliphatic carbocycles. The van der Waals surface area contributed by atoms with Crippen molar-refractivity contribution in [3.8, 4) is 16.9 Å². The fourth-order valence-corrected chi connectivity index (χ4v) is 4.64. The second-order valence-electron chi connectivity index (χ2n) is 8.03. The first-order valence-electron chi connectivity index (χ1n) is 10.5. The number of hydrogen-bond acceptors (Lipinski definition) is 4. The molecule has 152 valence electrons. The minimum atomic E-state index is 0.383. The molecule has 1 fully saturated rings. The Morgan fingerprint density at radius 3 is 2.33 bits per heavy atom. The molecule has 0 bridgehead atoms. The molecule has 2 heterocycles. The summed E-state index contributed by atoms with van der Waals surface area (Å²) in [5.74, 6) is 2.29. The molecule has 0 atom stereocenters. The first kappa shape index (κ1) is 19.1. The molecular formula is C24H25N5S. The Morgan fingerprint density at radius 1 is 0.967 bits per heavy atom. The maximum Gasteiger partial charge on any atom is 0.191 e. The maximum atomic E-state index is 4.93. The van der Waals surface area contributed by atoms with Crippen LogP contribution >= 0.6 is 11.8 Å². The van der Waals surface area contributed by atoms with Gasteiger partial charge in [-0.1, -0.05) is 74.1 Å². The average molecular weight is 416 g/mol. The van der Waals surface area contributed by atoms with Crippen LogP contribution in [0.3, 0.4) is 0 Å². The van der Waals surface area contributed by atoms with Crippen LogP contribution in [-0.2, 0) is 5.75 Å². The van der Waals surface area contributed by atoms with E-state index in [1.165, 1.54) is 18.4 Å². The van der Waals surface area contributed by atoms with E-state index in [1.807, 2.05) is 28.9 Å². The summed E-state index contributed by atoms with van der Waals surface area (Å²) < 4.78 is 4.34. The average Bonchev–Trinajstić information content (AvgIpc) is 3.38. The van der Waals surface area contributed by atoms with Gasteiger partial charge in [-0.15, -0.1) is 10.2 Å². The lowest BCUT2D eigenvalue weighted by atomic mass is 10.1. The van der Waals surface area contributed by atoms with E-state index < -0.39 is 0 Å². The number of hydrogen-bond donors (Lipinski definition) is 0. The quantitative estimate of drug-likeness (QED) is 0.354. The lowest BCUT2D eigenvalue weighted by Gasteiger charge is -2.10. The van der Waals surface area contributed by atoms with Crippen molar-refractivity contribution in [3.05, 3.63) is 78.2 Å². The second-order valence-corrected chi connectivity index (χ2v) is 8.98. The van der Waals surface area contributed by atoms with E-state index in [0.717, 1.165) is 33.7 Å². The van der Waals surface area contributed by atoms with Gasteiger partial charge in [-0.3, -0.25) is 0 Å². The summed E-state index contributed by atoms with van der Waals surface area (Å²) >= 11 is 1.76. The molecule has 0 unspecified atom stereocenters. The van der Waals surface area contributed by atoms with Crippen LogP contribution in [0.2, 0.25) is 0 Å². The molecule has 2 aromatic carbocycles. The lowest BCUT2D eigenvalue weighted by molar-refractivity contribution is 0.599. The molecular weight excluding hydrogens is 390 g/mol. The fraction of sp³-hybridized carbons (Fsp3) is 0.292. The Bertz CT molecular complexity index is 1130. The SMILES string of the molecule is CC(C)c1nnc(SCc2cn(-c3ccccc3)nc2-c2ccccc2)n1C1CC1. The summed E-state index contributed by atoms with van der Waals surface area (Å²) in [5, 5.41) is 15.0. The van der Waals surface area contributed by atoms with Gasteiger partial charge in [-0.05, 0) is 25.0 Å². The highest BCUT2D eigenvalue weighted by molar-refractivity contribution is 7.98. The van der Waals surface area contributed by atoms with Gasteiger partial charge >= 0.3 is 0 Å². The summed E-state index contributed by atoms with van der Waals surface area (Å²) in [6.07, 6.45) is 4.60. The zero-order valence-corrected chi connectivity index (χ0v) is 18.1. The van der Waals surface area contributed by atoms with Gasteiger partial charge in [0.15, 0.2) is 5.16 Å². The first-order valence-corrected chi connectivity index (χ1v) is 11.5. The van der Waals surface area contributed by atoms with Gasteiger partial charge in [0.1, 0.15) is 5.82 Å². The fourth-order valence-electron chi connectivity index (χ4n) is 3.67. The zero-order chi connectivity index (χ0) is 20.5. The van der Waals surface area contributed by atoms with Crippen molar-refractivity contribution < 1.29 is 0 Å². The summed E-state index contributed by atoms with van der Waals surface area (Å²) in [6.45, 7) is 4.38. The molecule has 6 heteroatoms. The van der Waals surface area contributed by atoms with Gasteiger partial charge in [0.2, 0.25) is 0 Å². The molecule has 1 saturated carbocycles. The molecule has 5 nitrogen and oxygen atoms in total. The van der Waals surface area contributed by atoms with Crippen LogP contribution in [0.1, 0.15) is 50.0 Å². The zero-order valence-electron chi connectivity index (χ0n) is 17.3. The smallest absolute Gasteiger partial charge is 0.191 e. The highest BCUT2D eigenvalue weighted by Crippen LogP contribution is 2.41. The van der Waals surface area contributed by atoms with Crippen molar-refractivity contribution in [2.24, 2.45) is 0 Å². The third-order valence-electron chi connectivity index (χ3n) is 5.33. The Kier molecular flexibility index (Phi) is 5.17. The van der Waals surface area contributed by atoms with Crippen molar-refractivity contribution >= 4 is 11.8 Å². The van der Waals surface area contributed by atoms with Crippen LogP contribution in [0, 0.1) is 0 Å². The lowest BCUT2D eigenvalue weighted by Crippen LogP contribution is -2.04. The van der Waals surface area contributed by atoms with E-state index in [1.54, 1.807) is 11.8 Å². The number of benzene rings is 2. The number of rotatable bonds is 7. The predicted molar refractivity (Wildman–Crippen MR) is 121 cm³/mol.